The lowest BCUT2D eigenvalue weighted by Gasteiger charge is -2.07. The number of hydrogen-bond donors (Lipinski definition) is 1. The van der Waals surface area contributed by atoms with E-state index in [2.05, 4.69) is 41.2 Å². The average Bonchev–Trinajstić information content (AvgIpc) is 2.33. The Bertz CT molecular complexity index is 572. The van der Waals surface area contributed by atoms with Gasteiger partial charge in [-0.05, 0) is 30.5 Å². The van der Waals surface area contributed by atoms with Crippen molar-refractivity contribution in [2.45, 2.75) is 26.7 Å². The molecule has 0 aliphatic rings. The van der Waals surface area contributed by atoms with Crippen LogP contribution >= 0.6 is 12.2 Å². The number of aromatic nitrogens is 2. The Morgan fingerprint density at radius 3 is 2.94 bits per heavy atom. The second-order valence-electron chi connectivity index (χ2n) is 4.16. The van der Waals surface area contributed by atoms with Crippen molar-refractivity contribution in [3.8, 4) is 11.3 Å². The Balaban J connectivity index is 2.49. The lowest BCUT2D eigenvalue weighted by atomic mass is 10.0. The Labute approximate surface area is 107 Å². The molecule has 1 aromatic heterocycles. The van der Waals surface area contributed by atoms with E-state index >= 15 is 0 Å². The number of nitrogens with zero attached hydrogens (tertiary/aromatic N) is 1. The van der Waals surface area contributed by atoms with Crippen LogP contribution in [0.3, 0.4) is 0 Å². The van der Waals surface area contributed by atoms with Crippen molar-refractivity contribution < 1.29 is 0 Å². The second-order valence-corrected chi connectivity index (χ2v) is 4.54. The predicted molar refractivity (Wildman–Crippen MR) is 73.6 cm³/mol. The van der Waals surface area contributed by atoms with E-state index in [9.17, 15) is 0 Å². The summed E-state index contributed by atoms with van der Waals surface area (Å²) in [6, 6.07) is 8.58. The number of aromatic amines is 1. The van der Waals surface area contributed by atoms with E-state index in [-0.39, 0.29) is 0 Å². The van der Waals surface area contributed by atoms with Gasteiger partial charge in [0, 0.05) is 5.56 Å². The lowest BCUT2D eigenvalue weighted by Crippen LogP contribution is -1.92. The van der Waals surface area contributed by atoms with Crippen molar-refractivity contribution in [1.82, 2.24) is 9.97 Å². The van der Waals surface area contributed by atoms with E-state index in [1.165, 1.54) is 11.1 Å². The third-order valence-corrected chi connectivity index (χ3v) is 3.25. The molecule has 0 unspecified atom stereocenters. The molecule has 2 aromatic rings. The smallest absolute Gasteiger partial charge is 0.132 e. The van der Waals surface area contributed by atoms with E-state index in [0.717, 1.165) is 24.1 Å². The normalized spacial score (nSPS) is 10.5. The standard InChI is InChI=1S/C14H16N2S/c1-3-5-11-6-4-7-12(8-11)13-10(2)14(17)16-9-15-13/h4,6-9H,3,5H2,1-2H3,(H,15,16,17). The maximum absolute atomic E-state index is 5.19. The van der Waals surface area contributed by atoms with Crippen LogP contribution in [0.5, 0.6) is 0 Å². The molecule has 2 rings (SSSR count). The van der Waals surface area contributed by atoms with Gasteiger partial charge in [-0.1, -0.05) is 43.8 Å². The maximum Gasteiger partial charge on any atom is 0.132 e. The van der Waals surface area contributed by atoms with Crippen LogP contribution in [0.4, 0.5) is 0 Å². The summed E-state index contributed by atoms with van der Waals surface area (Å²) in [6.07, 6.45) is 3.94. The molecule has 0 saturated heterocycles. The van der Waals surface area contributed by atoms with Gasteiger partial charge in [-0.3, -0.25) is 0 Å². The van der Waals surface area contributed by atoms with Gasteiger partial charge >= 0.3 is 0 Å². The molecule has 88 valence electrons. The summed E-state index contributed by atoms with van der Waals surface area (Å²) in [5, 5.41) is 0. The molecule has 0 aliphatic heterocycles. The van der Waals surface area contributed by atoms with E-state index in [4.69, 9.17) is 12.2 Å². The van der Waals surface area contributed by atoms with Gasteiger partial charge in [0.2, 0.25) is 0 Å². The lowest BCUT2D eigenvalue weighted by molar-refractivity contribution is 0.922. The molecule has 2 nitrogen and oxygen atoms in total. The van der Waals surface area contributed by atoms with Gasteiger partial charge in [0.1, 0.15) is 4.64 Å². The molecule has 0 saturated carbocycles. The molecule has 3 heteroatoms. The molecule has 0 radical (unpaired) electrons. The van der Waals surface area contributed by atoms with Crippen molar-refractivity contribution in [2.75, 3.05) is 0 Å². The Morgan fingerprint density at radius 2 is 2.18 bits per heavy atom. The quantitative estimate of drug-likeness (QED) is 0.825. The zero-order valence-electron chi connectivity index (χ0n) is 10.2. The van der Waals surface area contributed by atoms with Crippen LogP contribution in [0.2, 0.25) is 0 Å². The van der Waals surface area contributed by atoms with Crippen LogP contribution in [-0.4, -0.2) is 9.97 Å². The number of benzene rings is 1. The molecule has 0 spiro atoms. The summed E-state index contributed by atoms with van der Waals surface area (Å²) in [4.78, 5) is 7.27. The predicted octanol–water partition coefficient (Wildman–Crippen LogP) is 4.07. The Hall–Kier alpha value is -1.48. The molecular weight excluding hydrogens is 228 g/mol. The minimum absolute atomic E-state index is 0.666. The van der Waals surface area contributed by atoms with Crippen molar-refractivity contribution in [2.24, 2.45) is 0 Å². The van der Waals surface area contributed by atoms with E-state index in [1.54, 1.807) is 6.33 Å². The van der Waals surface area contributed by atoms with Gasteiger partial charge in [0.15, 0.2) is 0 Å². The van der Waals surface area contributed by atoms with Gasteiger partial charge in [-0.15, -0.1) is 0 Å². The molecule has 0 fully saturated rings. The van der Waals surface area contributed by atoms with Gasteiger partial charge in [0.25, 0.3) is 0 Å². The minimum Gasteiger partial charge on any atom is -0.346 e. The zero-order chi connectivity index (χ0) is 12.3. The van der Waals surface area contributed by atoms with Crippen LogP contribution < -0.4 is 0 Å². The fourth-order valence-electron chi connectivity index (χ4n) is 1.94. The Kier molecular flexibility index (Phi) is 3.69. The first-order valence-electron chi connectivity index (χ1n) is 5.86. The topological polar surface area (TPSA) is 28.7 Å². The fourth-order valence-corrected chi connectivity index (χ4v) is 2.09. The van der Waals surface area contributed by atoms with Crippen molar-refractivity contribution in [3.05, 3.63) is 46.4 Å². The summed E-state index contributed by atoms with van der Waals surface area (Å²) < 4.78 is 0.666. The number of hydrogen-bond acceptors (Lipinski definition) is 2. The van der Waals surface area contributed by atoms with E-state index in [0.29, 0.717) is 4.64 Å². The molecular formula is C14H16N2S. The van der Waals surface area contributed by atoms with Crippen molar-refractivity contribution in [3.63, 3.8) is 0 Å². The fraction of sp³-hybridized carbons (Fsp3) is 0.286. The first kappa shape index (κ1) is 12.0. The Morgan fingerprint density at radius 1 is 1.35 bits per heavy atom. The molecule has 0 atom stereocenters. The molecule has 1 heterocycles. The summed E-state index contributed by atoms with van der Waals surface area (Å²) >= 11 is 5.19. The molecule has 0 aliphatic carbocycles. The molecule has 1 aromatic carbocycles. The molecule has 1 N–H and O–H groups in total. The van der Waals surface area contributed by atoms with Crippen LogP contribution in [0.25, 0.3) is 11.3 Å². The van der Waals surface area contributed by atoms with E-state index in [1.807, 2.05) is 6.92 Å². The van der Waals surface area contributed by atoms with Crippen molar-refractivity contribution in [1.29, 1.82) is 0 Å². The molecule has 0 bridgehead atoms. The number of rotatable bonds is 3. The highest BCUT2D eigenvalue weighted by Crippen LogP contribution is 2.22. The summed E-state index contributed by atoms with van der Waals surface area (Å²) in [6.45, 7) is 4.20. The highest BCUT2D eigenvalue weighted by Gasteiger charge is 2.04. The van der Waals surface area contributed by atoms with Crippen molar-refractivity contribution >= 4 is 12.2 Å². The van der Waals surface area contributed by atoms with Gasteiger partial charge in [0.05, 0.1) is 12.0 Å². The van der Waals surface area contributed by atoms with Crippen LogP contribution in [0.1, 0.15) is 24.5 Å². The molecule has 17 heavy (non-hydrogen) atoms. The summed E-state index contributed by atoms with van der Waals surface area (Å²) in [5.74, 6) is 0. The average molecular weight is 244 g/mol. The first-order chi connectivity index (χ1) is 8.22. The van der Waals surface area contributed by atoms with Gasteiger partial charge in [-0.2, -0.15) is 0 Å². The third-order valence-electron chi connectivity index (χ3n) is 2.84. The van der Waals surface area contributed by atoms with Gasteiger partial charge in [-0.25, -0.2) is 4.98 Å². The second kappa shape index (κ2) is 5.23. The van der Waals surface area contributed by atoms with E-state index < -0.39 is 0 Å². The molecule has 0 amide bonds. The number of nitrogens with one attached hydrogen (secondary N) is 1. The highest BCUT2D eigenvalue weighted by atomic mass is 32.1. The van der Waals surface area contributed by atoms with Crippen LogP contribution in [0.15, 0.2) is 30.6 Å². The number of aryl methyl sites for hydroxylation is 1. The largest absolute Gasteiger partial charge is 0.346 e. The van der Waals surface area contributed by atoms with Crippen LogP contribution in [0, 0.1) is 11.6 Å². The summed E-state index contributed by atoms with van der Waals surface area (Å²) in [7, 11) is 0. The first-order valence-corrected chi connectivity index (χ1v) is 6.26. The third kappa shape index (κ3) is 2.61. The highest BCUT2D eigenvalue weighted by molar-refractivity contribution is 7.71. The zero-order valence-corrected chi connectivity index (χ0v) is 11.0. The van der Waals surface area contributed by atoms with Crippen LogP contribution in [-0.2, 0) is 6.42 Å². The summed E-state index contributed by atoms with van der Waals surface area (Å²) in [5.41, 5.74) is 4.65. The van der Waals surface area contributed by atoms with Gasteiger partial charge < -0.3 is 4.98 Å². The minimum atomic E-state index is 0.666. The number of H-pyrrole nitrogens is 1. The maximum atomic E-state index is 5.19. The monoisotopic (exact) mass is 244 g/mol. The SMILES string of the molecule is CCCc1cccc(-c2[nH]cnc(=S)c2C)c1.